The SMILES string of the molecule is Cn1nccc1NC(=S)NC1CC1. The second-order valence-electron chi connectivity index (χ2n) is 3.21. The van der Waals surface area contributed by atoms with Crippen LogP contribution in [0.4, 0.5) is 5.82 Å². The average Bonchev–Trinajstić information content (AvgIpc) is 2.79. The largest absolute Gasteiger partial charge is 0.360 e. The Morgan fingerprint density at radius 1 is 1.69 bits per heavy atom. The van der Waals surface area contributed by atoms with Crippen molar-refractivity contribution >= 4 is 23.1 Å². The number of anilines is 1. The molecule has 4 nitrogen and oxygen atoms in total. The van der Waals surface area contributed by atoms with Crippen molar-refractivity contribution in [3.63, 3.8) is 0 Å². The summed E-state index contributed by atoms with van der Waals surface area (Å²) in [5.74, 6) is 0.915. The minimum absolute atomic E-state index is 0.591. The van der Waals surface area contributed by atoms with Gasteiger partial charge in [0.1, 0.15) is 5.82 Å². The molecule has 0 amide bonds. The van der Waals surface area contributed by atoms with Crippen LogP contribution in [0.1, 0.15) is 12.8 Å². The molecule has 1 heterocycles. The van der Waals surface area contributed by atoms with Gasteiger partial charge in [0, 0.05) is 19.2 Å². The van der Waals surface area contributed by atoms with Crippen LogP contribution in [-0.4, -0.2) is 20.9 Å². The van der Waals surface area contributed by atoms with Crippen molar-refractivity contribution in [3.05, 3.63) is 12.3 Å². The number of thiocarbonyl (C=S) groups is 1. The molecule has 1 saturated carbocycles. The summed E-state index contributed by atoms with van der Waals surface area (Å²) in [5, 5.41) is 11.0. The molecule has 0 aliphatic heterocycles. The van der Waals surface area contributed by atoms with Crippen molar-refractivity contribution < 1.29 is 0 Å². The van der Waals surface area contributed by atoms with Crippen LogP contribution < -0.4 is 10.6 Å². The van der Waals surface area contributed by atoms with Crippen LogP contribution in [-0.2, 0) is 7.05 Å². The molecule has 0 unspecified atom stereocenters. The zero-order valence-electron chi connectivity index (χ0n) is 7.45. The fourth-order valence-corrected chi connectivity index (χ4v) is 1.33. The third-order valence-corrected chi connectivity index (χ3v) is 2.19. The van der Waals surface area contributed by atoms with Gasteiger partial charge in [0.25, 0.3) is 0 Å². The fourth-order valence-electron chi connectivity index (χ4n) is 1.06. The molecule has 0 bridgehead atoms. The Kier molecular flexibility index (Phi) is 2.18. The van der Waals surface area contributed by atoms with E-state index in [0.717, 1.165) is 5.82 Å². The molecule has 70 valence electrons. The topological polar surface area (TPSA) is 41.9 Å². The number of aryl methyl sites for hydroxylation is 1. The van der Waals surface area contributed by atoms with E-state index in [2.05, 4.69) is 15.7 Å². The highest BCUT2D eigenvalue weighted by Gasteiger charge is 2.21. The van der Waals surface area contributed by atoms with E-state index < -0.39 is 0 Å². The van der Waals surface area contributed by atoms with Crippen molar-refractivity contribution in [2.45, 2.75) is 18.9 Å². The average molecular weight is 196 g/mol. The van der Waals surface area contributed by atoms with Crippen LogP contribution in [0, 0.1) is 0 Å². The third-order valence-electron chi connectivity index (χ3n) is 1.98. The van der Waals surface area contributed by atoms with Gasteiger partial charge in [-0.1, -0.05) is 0 Å². The molecular formula is C8H12N4S. The van der Waals surface area contributed by atoms with Crippen molar-refractivity contribution in [1.82, 2.24) is 15.1 Å². The first-order valence-corrected chi connectivity index (χ1v) is 4.72. The molecule has 5 heteroatoms. The monoisotopic (exact) mass is 196 g/mol. The summed E-state index contributed by atoms with van der Waals surface area (Å²) in [7, 11) is 1.88. The van der Waals surface area contributed by atoms with Crippen molar-refractivity contribution in [2.24, 2.45) is 7.05 Å². The lowest BCUT2D eigenvalue weighted by Crippen LogP contribution is -2.30. The first kappa shape index (κ1) is 8.50. The minimum atomic E-state index is 0.591. The lowest BCUT2D eigenvalue weighted by Gasteiger charge is -2.08. The van der Waals surface area contributed by atoms with E-state index in [1.165, 1.54) is 12.8 Å². The van der Waals surface area contributed by atoms with E-state index in [4.69, 9.17) is 12.2 Å². The van der Waals surface area contributed by atoms with Crippen LogP contribution in [0.5, 0.6) is 0 Å². The summed E-state index contributed by atoms with van der Waals surface area (Å²) < 4.78 is 1.75. The highest BCUT2D eigenvalue weighted by molar-refractivity contribution is 7.80. The van der Waals surface area contributed by atoms with Gasteiger partial charge in [-0.05, 0) is 25.1 Å². The second-order valence-corrected chi connectivity index (χ2v) is 3.62. The normalized spacial score (nSPS) is 15.5. The number of nitrogens with zero attached hydrogens (tertiary/aromatic N) is 2. The summed E-state index contributed by atoms with van der Waals surface area (Å²) in [6, 6.07) is 2.48. The Morgan fingerprint density at radius 2 is 2.46 bits per heavy atom. The summed E-state index contributed by atoms with van der Waals surface area (Å²) in [6.07, 6.45) is 4.20. The van der Waals surface area contributed by atoms with Gasteiger partial charge in [-0.2, -0.15) is 5.10 Å². The molecule has 2 rings (SSSR count). The molecule has 0 radical (unpaired) electrons. The molecule has 0 saturated heterocycles. The van der Waals surface area contributed by atoms with E-state index in [1.54, 1.807) is 10.9 Å². The zero-order chi connectivity index (χ0) is 9.26. The Morgan fingerprint density at radius 3 is 3.00 bits per heavy atom. The number of hydrogen-bond donors (Lipinski definition) is 2. The highest BCUT2D eigenvalue weighted by Crippen LogP contribution is 2.18. The van der Waals surface area contributed by atoms with Gasteiger partial charge in [0.05, 0.1) is 6.20 Å². The van der Waals surface area contributed by atoms with Crippen LogP contribution >= 0.6 is 12.2 Å². The molecule has 0 atom stereocenters. The van der Waals surface area contributed by atoms with E-state index >= 15 is 0 Å². The lowest BCUT2D eigenvalue weighted by molar-refractivity contribution is 0.776. The van der Waals surface area contributed by atoms with Gasteiger partial charge in [0.15, 0.2) is 5.11 Å². The number of aromatic nitrogens is 2. The Labute approximate surface area is 82.3 Å². The van der Waals surface area contributed by atoms with Gasteiger partial charge in [0.2, 0.25) is 0 Å². The fraction of sp³-hybridized carbons (Fsp3) is 0.500. The first-order valence-electron chi connectivity index (χ1n) is 4.31. The molecule has 13 heavy (non-hydrogen) atoms. The molecule has 1 aromatic rings. The molecule has 2 N–H and O–H groups in total. The molecule has 1 aromatic heterocycles. The Bertz CT molecular complexity index is 316. The predicted octanol–water partition coefficient (Wildman–Crippen LogP) is 0.869. The number of nitrogens with one attached hydrogen (secondary N) is 2. The van der Waals surface area contributed by atoms with E-state index in [-0.39, 0.29) is 0 Å². The zero-order valence-corrected chi connectivity index (χ0v) is 8.27. The second kappa shape index (κ2) is 3.33. The number of hydrogen-bond acceptors (Lipinski definition) is 2. The van der Waals surface area contributed by atoms with Crippen LogP contribution in [0.25, 0.3) is 0 Å². The summed E-state index contributed by atoms with van der Waals surface area (Å²) in [6.45, 7) is 0. The maximum absolute atomic E-state index is 5.11. The van der Waals surface area contributed by atoms with E-state index in [9.17, 15) is 0 Å². The van der Waals surface area contributed by atoms with Crippen LogP contribution in [0.3, 0.4) is 0 Å². The van der Waals surface area contributed by atoms with Gasteiger partial charge < -0.3 is 10.6 Å². The standard InChI is InChI=1S/C8H12N4S/c1-12-7(4-5-9-12)11-8(13)10-6-2-3-6/h4-6H,2-3H2,1H3,(H2,10,11,13). The lowest BCUT2D eigenvalue weighted by atomic mass is 10.6. The quantitative estimate of drug-likeness (QED) is 0.689. The van der Waals surface area contributed by atoms with Gasteiger partial charge in [-0.15, -0.1) is 0 Å². The molecule has 1 aliphatic rings. The molecule has 0 spiro atoms. The van der Waals surface area contributed by atoms with Crippen molar-refractivity contribution in [1.29, 1.82) is 0 Å². The molecular weight excluding hydrogens is 184 g/mol. The summed E-state index contributed by atoms with van der Waals surface area (Å²) >= 11 is 5.11. The Balaban J connectivity index is 1.89. The predicted molar refractivity (Wildman–Crippen MR) is 55.6 cm³/mol. The molecule has 1 fully saturated rings. The van der Waals surface area contributed by atoms with Crippen molar-refractivity contribution in [3.8, 4) is 0 Å². The van der Waals surface area contributed by atoms with Crippen LogP contribution in [0.15, 0.2) is 12.3 Å². The van der Waals surface area contributed by atoms with Gasteiger partial charge in [-0.3, -0.25) is 4.68 Å². The minimum Gasteiger partial charge on any atom is -0.360 e. The first-order chi connectivity index (χ1) is 6.25. The third kappa shape index (κ3) is 2.18. The summed E-state index contributed by atoms with van der Waals surface area (Å²) in [5.41, 5.74) is 0. The molecule has 1 aliphatic carbocycles. The van der Waals surface area contributed by atoms with E-state index in [1.807, 2.05) is 13.1 Å². The van der Waals surface area contributed by atoms with Gasteiger partial charge in [-0.25, -0.2) is 0 Å². The maximum Gasteiger partial charge on any atom is 0.172 e. The smallest absolute Gasteiger partial charge is 0.172 e. The van der Waals surface area contributed by atoms with E-state index in [0.29, 0.717) is 11.2 Å². The van der Waals surface area contributed by atoms with Crippen LogP contribution in [0.2, 0.25) is 0 Å². The molecule has 0 aromatic carbocycles. The number of rotatable bonds is 2. The summed E-state index contributed by atoms with van der Waals surface area (Å²) in [4.78, 5) is 0. The maximum atomic E-state index is 5.11. The van der Waals surface area contributed by atoms with Crippen molar-refractivity contribution in [2.75, 3.05) is 5.32 Å². The Hall–Kier alpha value is -1.10. The highest BCUT2D eigenvalue weighted by atomic mass is 32.1. The van der Waals surface area contributed by atoms with Gasteiger partial charge >= 0.3 is 0 Å².